The number of Topliss-reactive ketones (excluding diaryl/α,β-unsaturated/α-hetero) is 1. The number of carbonyl (C=O) groups excluding carboxylic acids is 1. The monoisotopic (exact) mass is 153 g/mol. The second kappa shape index (κ2) is 2.68. The largest absolute Gasteiger partial charge is 0.573 e. The van der Waals surface area contributed by atoms with Gasteiger partial charge in [-0.3, -0.25) is 14.9 Å². The van der Waals surface area contributed by atoms with E-state index in [2.05, 4.69) is 0 Å². The van der Waals surface area contributed by atoms with Crippen LogP contribution in [-0.2, 0) is 4.79 Å². The fourth-order valence-electron chi connectivity index (χ4n) is 0.315. The molecule has 0 atom stereocenters. The van der Waals surface area contributed by atoms with Crippen LogP contribution in [0.15, 0.2) is 0 Å². The Kier molecular flexibility index (Phi) is 2.39. The lowest BCUT2D eigenvalue weighted by Crippen LogP contribution is -2.36. The number of carbonyl (C=O) groups is 1. The van der Waals surface area contributed by atoms with Crippen molar-refractivity contribution in [1.82, 2.24) is 0 Å². The second-order valence-corrected chi connectivity index (χ2v) is 1.58. The molecule has 0 aliphatic rings. The Hall–Kier alpha value is -1.07. The normalized spacial score (nSPS) is 11.1. The Labute approximate surface area is 55.0 Å². The molecule has 0 heterocycles. The van der Waals surface area contributed by atoms with Crippen molar-refractivity contribution in [3.8, 4) is 0 Å². The fourth-order valence-corrected chi connectivity index (χ4v) is 0.315. The molecule has 0 aliphatic heterocycles. The molecule has 0 aromatic rings. The SMILES string of the molecule is CCC(=O)C(F)(F)[N+](=O)[O-]. The van der Waals surface area contributed by atoms with Crippen LogP contribution in [0.1, 0.15) is 13.3 Å². The van der Waals surface area contributed by atoms with Gasteiger partial charge in [-0.15, -0.1) is 8.78 Å². The fraction of sp³-hybridized carbons (Fsp3) is 0.750. The molecule has 0 spiro atoms. The second-order valence-electron chi connectivity index (χ2n) is 1.58. The summed E-state index contributed by atoms with van der Waals surface area (Å²) < 4.78 is 23.8. The van der Waals surface area contributed by atoms with E-state index in [9.17, 15) is 23.7 Å². The molecule has 0 saturated carbocycles. The summed E-state index contributed by atoms with van der Waals surface area (Å²) in [6.07, 6.45) is -0.534. The van der Waals surface area contributed by atoms with Gasteiger partial charge < -0.3 is 0 Å². The maximum atomic E-state index is 11.9. The van der Waals surface area contributed by atoms with Gasteiger partial charge in [0.2, 0.25) is 0 Å². The number of hydrogen-bond donors (Lipinski definition) is 0. The van der Waals surface area contributed by atoms with Crippen LogP contribution in [0.3, 0.4) is 0 Å². The summed E-state index contributed by atoms with van der Waals surface area (Å²) in [5.41, 5.74) is 0. The van der Waals surface area contributed by atoms with Crippen molar-refractivity contribution in [3.63, 3.8) is 0 Å². The maximum absolute atomic E-state index is 11.9. The minimum Gasteiger partial charge on any atom is -0.284 e. The number of alkyl halides is 2. The molecule has 0 amide bonds. The van der Waals surface area contributed by atoms with Gasteiger partial charge in [0.05, 0.1) is 0 Å². The van der Waals surface area contributed by atoms with Crippen molar-refractivity contribution in [3.05, 3.63) is 10.1 Å². The molecular weight excluding hydrogens is 148 g/mol. The summed E-state index contributed by atoms with van der Waals surface area (Å²) in [6.45, 7) is 1.14. The first-order valence-electron chi connectivity index (χ1n) is 2.48. The van der Waals surface area contributed by atoms with Crippen molar-refractivity contribution in [2.45, 2.75) is 19.4 Å². The molecular formula is C4H5F2NO3. The standard InChI is InChI=1S/C4H5F2NO3/c1-2-3(8)4(5,6)7(9)10/h2H2,1H3. The van der Waals surface area contributed by atoms with Crippen LogP contribution >= 0.6 is 0 Å². The average Bonchev–Trinajstić information content (AvgIpc) is 1.86. The molecule has 0 aliphatic carbocycles. The molecule has 10 heavy (non-hydrogen) atoms. The summed E-state index contributed by atoms with van der Waals surface area (Å²) in [5, 5.41) is 9.46. The molecule has 0 bridgehead atoms. The van der Waals surface area contributed by atoms with E-state index in [1.165, 1.54) is 0 Å². The molecule has 0 rings (SSSR count). The Morgan fingerprint density at radius 3 is 2.20 bits per heavy atom. The molecule has 58 valence electrons. The molecule has 0 radical (unpaired) electrons. The van der Waals surface area contributed by atoms with Gasteiger partial charge in [-0.05, 0) is 0 Å². The lowest BCUT2D eigenvalue weighted by Gasteiger charge is -2.01. The first-order chi connectivity index (χ1) is 4.42. The van der Waals surface area contributed by atoms with Crippen LogP contribution in [0.2, 0.25) is 0 Å². The van der Waals surface area contributed by atoms with Crippen molar-refractivity contribution in [2.75, 3.05) is 0 Å². The van der Waals surface area contributed by atoms with Crippen LogP contribution in [0.5, 0.6) is 0 Å². The number of halogens is 2. The first kappa shape index (κ1) is 8.93. The summed E-state index contributed by atoms with van der Waals surface area (Å²) in [7, 11) is 0. The van der Waals surface area contributed by atoms with E-state index < -0.39 is 23.2 Å². The smallest absolute Gasteiger partial charge is 0.284 e. The Morgan fingerprint density at radius 1 is 1.70 bits per heavy atom. The highest BCUT2D eigenvalue weighted by atomic mass is 19.3. The van der Waals surface area contributed by atoms with E-state index >= 15 is 0 Å². The van der Waals surface area contributed by atoms with Gasteiger partial charge in [-0.25, -0.2) is 0 Å². The lowest BCUT2D eigenvalue weighted by atomic mass is 10.3. The third-order valence-corrected chi connectivity index (χ3v) is 0.886. The van der Waals surface area contributed by atoms with Crippen LogP contribution < -0.4 is 0 Å². The number of nitro groups is 1. The van der Waals surface area contributed by atoms with Gasteiger partial charge in [0.25, 0.3) is 5.78 Å². The van der Waals surface area contributed by atoms with E-state index in [1.807, 2.05) is 0 Å². The van der Waals surface area contributed by atoms with Crippen molar-refractivity contribution >= 4 is 5.78 Å². The highest BCUT2D eigenvalue weighted by Crippen LogP contribution is 2.16. The third-order valence-electron chi connectivity index (χ3n) is 0.886. The average molecular weight is 153 g/mol. The van der Waals surface area contributed by atoms with Gasteiger partial charge in [0, 0.05) is 6.42 Å². The lowest BCUT2D eigenvalue weighted by molar-refractivity contribution is -0.621. The first-order valence-corrected chi connectivity index (χ1v) is 2.48. The molecule has 0 aromatic heterocycles. The molecule has 6 heteroatoms. The van der Waals surface area contributed by atoms with Crippen molar-refractivity contribution in [1.29, 1.82) is 0 Å². The van der Waals surface area contributed by atoms with Gasteiger partial charge >= 0.3 is 6.05 Å². The number of nitrogens with zero attached hydrogens (tertiary/aromatic N) is 1. The topological polar surface area (TPSA) is 60.2 Å². The number of ketones is 1. The number of rotatable bonds is 3. The highest BCUT2D eigenvalue weighted by molar-refractivity contribution is 5.83. The molecule has 0 unspecified atom stereocenters. The zero-order chi connectivity index (χ0) is 8.36. The number of hydrogen-bond acceptors (Lipinski definition) is 3. The van der Waals surface area contributed by atoms with Crippen LogP contribution in [-0.4, -0.2) is 16.8 Å². The summed E-state index contributed by atoms with van der Waals surface area (Å²) in [5.74, 6) is -1.67. The predicted molar refractivity (Wildman–Crippen MR) is 27.2 cm³/mol. The minimum atomic E-state index is -4.41. The van der Waals surface area contributed by atoms with Crippen LogP contribution in [0, 0.1) is 10.1 Å². The molecule has 0 saturated heterocycles. The summed E-state index contributed by atoms with van der Waals surface area (Å²) in [4.78, 5) is 17.6. The minimum absolute atomic E-state index is 0.534. The zero-order valence-corrected chi connectivity index (χ0v) is 5.13. The Balaban J connectivity index is 4.40. The van der Waals surface area contributed by atoms with Crippen LogP contribution in [0.4, 0.5) is 8.78 Å². The molecule has 0 aromatic carbocycles. The quantitative estimate of drug-likeness (QED) is 0.343. The maximum Gasteiger partial charge on any atom is 0.573 e. The van der Waals surface area contributed by atoms with E-state index in [0.717, 1.165) is 6.92 Å². The summed E-state index contributed by atoms with van der Waals surface area (Å²) in [6, 6.07) is -4.41. The van der Waals surface area contributed by atoms with Crippen LogP contribution in [0.25, 0.3) is 0 Å². The molecule has 4 nitrogen and oxygen atoms in total. The van der Waals surface area contributed by atoms with Crippen molar-refractivity contribution < 1.29 is 18.5 Å². The van der Waals surface area contributed by atoms with E-state index in [0.29, 0.717) is 0 Å². The van der Waals surface area contributed by atoms with Gasteiger partial charge in [0.15, 0.2) is 0 Å². The Bertz CT molecular complexity index is 168. The van der Waals surface area contributed by atoms with E-state index in [4.69, 9.17) is 0 Å². The molecule has 0 fully saturated rings. The third kappa shape index (κ3) is 1.46. The van der Waals surface area contributed by atoms with Gasteiger partial charge in [-0.2, -0.15) is 0 Å². The van der Waals surface area contributed by atoms with E-state index in [1.54, 1.807) is 0 Å². The van der Waals surface area contributed by atoms with E-state index in [-0.39, 0.29) is 0 Å². The zero-order valence-electron chi connectivity index (χ0n) is 5.13. The van der Waals surface area contributed by atoms with Gasteiger partial charge in [-0.1, -0.05) is 6.92 Å². The predicted octanol–water partition coefficient (Wildman–Crippen LogP) is 0.835. The van der Waals surface area contributed by atoms with Gasteiger partial charge in [0.1, 0.15) is 4.92 Å². The molecule has 0 N–H and O–H groups in total. The highest BCUT2D eigenvalue weighted by Gasteiger charge is 2.51. The van der Waals surface area contributed by atoms with Crippen molar-refractivity contribution in [2.24, 2.45) is 0 Å². The Morgan fingerprint density at radius 2 is 2.10 bits per heavy atom. The summed E-state index contributed by atoms with van der Waals surface area (Å²) >= 11 is 0.